The number of rotatable bonds is 8. The van der Waals surface area contributed by atoms with Crippen molar-refractivity contribution in [1.82, 2.24) is 5.32 Å². The molecule has 0 aromatic heterocycles. The monoisotopic (exact) mass is 451 g/mol. The van der Waals surface area contributed by atoms with Crippen LogP contribution in [0.25, 0.3) is 0 Å². The molecule has 3 N–H and O–H groups in total. The smallest absolute Gasteiger partial charge is 0.255 e. The van der Waals surface area contributed by atoms with Gasteiger partial charge in [-0.15, -0.1) is 0 Å². The maximum atomic E-state index is 12.8. The summed E-state index contributed by atoms with van der Waals surface area (Å²) in [5.41, 5.74) is 2.40. The van der Waals surface area contributed by atoms with E-state index in [1.165, 1.54) is 24.3 Å². The largest absolute Gasteiger partial charge is 0.345 e. The molecular formula is C24H25N3O4S. The van der Waals surface area contributed by atoms with Crippen molar-refractivity contribution in [2.45, 2.75) is 19.9 Å². The average molecular weight is 452 g/mol. The Morgan fingerprint density at radius 3 is 2.12 bits per heavy atom. The number of para-hydroxylation sites is 1. The number of hydrogen-bond acceptors (Lipinski definition) is 4. The van der Waals surface area contributed by atoms with Gasteiger partial charge in [-0.2, -0.15) is 0 Å². The molecule has 3 aromatic rings. The fourth-order valence-corrected chi connectivity index (χ4v) is 3.66. The summed E-state index contributed by atoms with van der Waals surface area (Å²) in [5, 5.41) is 5.71. The molecule has 0 saturated carbocycles. The molecule has 2 amide bonds. The van der Waals surface area contributed by atoms with Crippen LogP contribution in [-0.2, 0) is 10.0 Å². The van der Waals surface area contributed by atoms with Crippen molar-refractivity contribution in [2.24, 2.45) is 0 Å². The van der Waals surface area contributed by atoms with Crippen molar-refractivity contribution in [3.05, 3.63) is 95.6 Å². The van der Waals surface area contributed by atoms with Gasteiger partial charge in [0.1, 0.15) is 0 Å². The number of nitrogens with one attached hydrogen (secondary N) is 3. The molecular weight excluding hydrogens is 426 g/mol. The van der Waals surface area contributed by atoms with E-state index in [0.717, 1.165) is 5.56 Å². The highest BCUT2D eigenvalue weighted by Crippen LogP contribution is 2.19. The Balaban J connectivity index is 1.71. The van der Waals surface area contributed by atoms with Crippen molar-refractivity contribution < 1.29 is 18.0 Å². The van der Waals surface area contributed by atoms with Crippen LogP contribution in [0, 0.1) is 0 Å². The molecule has 0 spiro atoms. The number of amides is 2. The number of carbonyl (C=O) groups is 2. The molecule has 0 aliphatic heterocycles. The fourth-order valence-electron chi connectivity index (χ4n) is 3.03. The van der Waals surface area contributed by atoms with Crippen molar-refractivity contribution in [1.29, 1.82) is 0 Å². The molecule has 32 heavy (non-hydrogen) atoms. The van der Waals surface area contributed by atoms with E-state index in [4.69, 9.17) is 0 Å². The molecule has 7 nitrogen and oxygen atoms in total. The van der Waals surface area contributed by atoms with Crippen LogP contribution < -0.4 is 15.4 Å². The van der Waals surface area contributed by atoms with Gasteiger partial charge < -0.3 is 10.6 Å². The van der Waals surface area contributed by atoms with Gasteiger partial charge in [0.25, 0.3) is 11.8 Å². The molecule has 0 bridgehead atoms. The molecule has 0 radical (unpaired) electrons. The number of hydrogen-bond donors (Lipinski definition) is 3. The number of sulfonamides is 1. The van der Waals surface area contributed by atoms with Crippen molar-refractivity contribution in [3.8, 4) is 0 Å². The van der Waals surface area contributed by atoms with Crippen LogP contribution in [0.3, 0.4) is 0 Å². The SMILES string of the molecule is CCS(=O)(=O)Nc1ccc(C(=O)Nc2ccccc2C(=O)N[C@H](C)c2ccccc2)cc1. The number of anilines is 2. The van der Waals surface area contributed by atoms with Gasteiger partial charge in [-0.3, -0.25) is 14.3 Å². The first-order valence-electron chi connectivity index (χ1n) is 10.2. The Bertz CT molecular complexity index is 1190. The Hall–Kier alpha value is -3.65. The van der Waals surface area contributed by atoms with E-state index in [1.807, 2.05) is 37.3 Å². The number of carbonyl (C=O) groups excluding carboxylic acids is 2. The minimum absolute atomic E-state index is 0.0447. The van der Waals surface area contributed by atoms with Crippen molar-refractivity contribution in [3.63, 3.8) is 0 Å². The molecule has 3 rings (SSSR count). The van der Waals surface area contributed by atoms with E-state index in [-0.39, 0.29) is 17.7 Å². The highest BCUT2D eigenvalue weighted by Gasteiger charge is 2.17. The highest BCUT2D eigenvalue weighted by atomic mass is 32.2. The van der Waals surface area contributed by atoms with E-state index in [0.29, 0.717) is 22.5 Å². The van der Waals surface area contributed by atoms with Crippen LogP contribution in [0.15, 0.2) is 78.9 Å². The average Bonchev–Trinajstić information content (AvgIpc) is 2.80. The molecule has 0 fully saturated rings. The molecule has 0 heterocycles. The third kappa shape index (κ3) is 5.95. The van der Waals surface area contributed by atoms with E-state index < -0.39 is 15.9 Å². The Kier molecular flexibility index (Phi) is 7.27. The van der Waals surface area contributed by atoms with Crippen LogP contribution in [0.2, 0.25) is 0 Å². The zero-order valence-corrected chi connectivity index (χ0v) is 18.6. The topological polar surface area (TPSA) is 104 Å². The third-order valence-corrected chi connectivity index (χ3v) is 6.17. The summed E-state index contributed by atoms with van der Waals surface area (Å²) in [6, 6.07) is 22.2. The first-order valence-corrected chi connectivity index (χ1v) is 11.8. The molecule has 8 heteroatoms. The van der Waals surface area contributed by atoms with E-state index in [9.17, 15) is 18.0 Å². The first-order chi connectivity index (χ1) is 15.3. The lowest BCUT2D eigenvalue weighted by Gasteiger charge is -2.16. The maximum absolute atomic E-state index is 12.8. The normalized spacial score (nSPS) is 11.9. The van der Waals surface area contributed by atoms with Crippen molar-refractivity contribution >= 4 is 33.2 Å². The van der Waals surface area contributed by atoms with Crippen LogP contribution in [0.1, 0.15) is 46.2 Å². The Morgan fingerprint density at radius 2 is 1.47 bits per heavy atom. The van der Waals surface area contributed by atoms with Gasteiger partial charge in [-0.25, -0.2) is 8.42 Å². The van der Waals surface area contributed by atoms with E-state index in [1.54, 1.807) is 31.2 Å². The van der Waals surface area contributed by atoms with E-state index >= 15 is 0 Å². The molecule has 166 valence electrons. The predicted molar refractivity (Wildman–Crippen MR) is 126 cm³/mol. The molecule has 0 unspecified atom stereocenters. The molecule has 0 saturated heterocycles. The van der Waals surface area contributed by atoms with Crippen LogP contribution >= 0.6 is 0 Å². The zero-order valence-electron chi connectivity index (χ0n) is 17.8. The lowest BCUT2D eigenvalue weighted by Crippen LogP contribution is -2.28. The Morgan fingerprint density at radius 1 is 0.844 bits per heavy atom. The van der Waals surface area contributed by atoms with Gasteiger partial charge in [0.05, 0.1) is 23.0 Å². The van der Waals surface area contributed by atoms with Crippen LogP contribution in [-0.4, -0.2) is 26.0 Å². The van der Waals surface area contributed by atoms with Gasteiger partial charge in [0, 0.05) is 11.3 Å². The minimum Gasteiger partial charge on any atom is -0.345 e. The van der Waals surface area contributed by atoms with Crippen LogP contribution in [0.4, 0.5) is 11.4 Å². The number of benzene rings is 3. The lowest BCUT2D eigenvalue weighted by atomic mass is 10.1. The minimum atomic E-state index is -3.39. The quantitative estimate of drug-likeness (QED) is 0.478. The summed E-state index contributed by atoms with van der Waals surface area (Å²) in [6.45, 7) is 3.43. The molecule has 0 aliphatic rings. The van der Waals surface area contributed by atoms with E-state index in [2.05, 4.69) is 15.4 Å². The summed E-state index contributed by atoms with van der Waals surface area (Å²) < 4.78 is 25.8. The predicted octanol–water partition coefficient (Wildman–Crippen LogP) is 4.19. The van der Waals surface area contributed by atoms with Gasteiger partial charge in [-0.05, 0) is 55.8 Å². The van der Waals surface area contributed by atoms with Gasteiger partial charge in [0.2, 0.25) is 10.0 Å². The van der Waals surface area contributed by atoms with Gasteiger partial charge in [-0.1, -0.05) is 42.5 Å². The molecule has 0 aliphatic carbocycles. The summed E-state index contributed by atoms with van der Waals surface area (Å²) in [5.74, 6) is -0.760. The summed E-state index contributed by atoms with van der Waals surface area (Å²) >= 11 is 0. The fraction of sp³-hybridized carbons (Fsp3) is 0.167. The second-order valence-electron chi connectivity index (χ2n) is 7.19. The lowest BCUT2D eigenvalue weighted by molar-refractivity contribution is 0.0940. The summed E-state index contributed by atoms with van der Waals surface area (Å²) in [6.07, 6.45) is 0. The molecule has 1 atom stereocenters. The van der Waals surface area contributed by atoms with Gasteiger partial charge in [0.15, 0.2) is 0 Å². The van der Waals surface area contributed by atoms with Crippen molar-refractivity contribution in [2.75, 3.05) is 15.8 Å². The molecule has 3 aromatic carbocycles. The Labute approximate surface area is 187 Å². The maximum Gasteiger partial charge on any atom is 0.255 e. The van der Waals surface area contributed by atoms with Gasteiger partial charge >= 0.3 is 0 Å². The second kappa shape index (κ2) is 10.1. The van der Waals surface area contributed by atoms with Crippen LogP contribution in [0.5, 0.6) is 0 Å². The third-order valence-electron chi connectivity index (χ3n) is 4.87. The zero-order chi connectivity index (χ0) is 23.1. The highest BCUT2D eigenvalue weighted by molar-refractivity contribution is 7.92. The first kappa shape index (κ1) is 23.0. The summed E-state index contributed by atoms with van der Waals surface area (Å²) in [4.78, 5) is 25.5. The standard InChI is InChI=1S/C24H25N3O4S/c1-3-32(30,31)27-20-15-13-19(14-16-20)23(28)26-22-12-8-7-11-21(22)24(29)25-17(2)18-9-5-4-6-10-18/h4-17,27H,3H2,1-2H3,(H,25,29)(H,26,28)/t17-/m1/s1. The summed E-state index contributed by atoms with van der Waals surface area (Å²) in [7, 11) is -3.39. The second-order valence-corrected chi connectivity index (χ2v) is 9.20.